The number of ether oxygens (including phenoxy) is 1. The molecule has 9 heteroatoms. The van der Waals surface area contributed by atoms with Crippen LogP contribution in [0.2, 0.25) is 0 Å². The first-order valence-electron chi connectivity index (χ1n) is 7.15. The summed E-state index contributed by atoms with van der Waals surface area (Å²) in [6, 6.07) is 3.60. The topological polar surface area (TPSA) is 88.2 Å². The normalized spacial score (nSPS) is 19.8. The van der Waals surface area contributed by atoms with E-state index in [2.05, 4.69) is 25.9 Å². The second-order valence-electron chi connectivity index (χ2n) is 5.10. The van der Waals surface area contributed by atoms with Gasteiger partial charge in [0, 0.05) is 24.1 Å². The number of allylic oxidation sites excluding steroid dienone is 1. The summed E-state index contributed by atoms with van der Waals surface area (Å²) in [6.45, 7) is 3.49. The number of amides is 1. The van der Waals surface area contributed by atoms with Gasteiger partial charge < -0.3 is 20.7 Å². The predicted octanol–water partition coefficient (Wildman–Crippen LogP) is 2.43. The minimum Gasteiger partial charge on any atom is -0.481 e. The number of anilines is 1. The molecule has 0 fully saturated rings. The minimum absolute atomic E-state index is 0.151. The van der Waals surface area contributed by atoms with Crippen LogP contribution in [-0.2, 0) is 4.79 Å². The molecule has 0 saturated heterocycles. The molecule has 24 heavy (non-hydrogen) atoms. The number of nitrogens with zero attached hydrogens (tertiary/aromatic N) is 2. The van der Waals surface area contributed by atoms with Crippen molar-refractivity contribution in [2.45, 2.75) is 19.0 Å². The van der Waals surface area contributed by atoms with E-state index in [9.17, 15) is 4.79 Å². The molecule has 0 radical (unpaired) electrons. The van der Waals surface area contributed by atoms with Crippen LogP contribution >= 0.6 is 23.1 Å². The number of hydrogen-bond acceptors (Lipinski definition) is 8. The Balaban J connectivity index is 1.85. The number of methoxy groups -OCH3 is 1. The summed E-state index contributed by atoms with van der Waals surface area (Å²) in [5, 5.41) is 8.74. The lowest BCUT2D eigenvalue weighted by Gasteiger charge is -2.32. The van der Waals surface area contributed by atoms with Crippen molar-refractivity contribution in [3.8, 4) is 5.88 Å². The Kier molecular flexibility index (Phi) is 4.63. The van der Waals surface area contributed by atoms with Gasteiger partial charge in [0.25, 0.3) is 0 Å². The third kappa shape index (κ3) is 3.46. The lowest BCUT2D eigenvalue weighted by atomic mass is 10.3. The van der Waals surface area contributed by atoms with E-state index in [0.717, 1.165) is 21.2 Å². The van der Waals surface area contributed by atoms with E-state index in [1.165, 1.54) is 18.7 Å². The Morgan fingerprint density at radius 3 is 2.79 bits per heavy atom. The Hall–Kier alpha value is -2.26. The molecule has 1 unspecified atom stereocenters. The van der Waals surface area contributed by atoms with Gasteiger partial charge in [-0.05, 0) is 13.0 Å². The monoisotopic (exact) mass is 363 g/mol. The van der Waals surface area contributed by atoms with Crippen LogP contribution in [0.15, 0.2) is 34.9 Å². The minimum atomic E-state index is -0.883. The number of rotatable bonds is 5. The van der Waals surface area contributed by atoms with E-state index in [1.54, 1.807) is 42.4 Å². The zero-order chi connectivity index (χ0) is 17.2. The zero-order valence-corrected chi connectivity index (χ0v) is 15.0. The van der Waals surface area contributed by atoms with Gasteiger partial charge in [0.15, 0.2) is 0 Å². The fraction of sp³-hybridized carbons (Fsp3) is 0.267. The molecule has 0 spiro atoms. The van der Waals surface area contributed by atoms with Crippen molar-refractivity contribution >= 4 is 40.4 Å². The second-order valence-corrected chi connectivity index (χ2v) is 7.42. The second kappa shape index (κ2) is 6.70. The highest BCUT2D eigenvalue weighted by atomic mass is 32.2. The zero-order valence-electron chi connectivity index (χ0n) is 13.4. The molecule has 0 bridgehead atoms. The van der Waals surface area contributed by atoms with E-state index in [0.29, 0.717) is 5.88 Å². The van der Waals surface area contributed by atoms with Gasteiger partial charge in [-0.1, -0.05) is 11.8 Å². The van der Waals surface area contributed by atoms with E-state index < -0.39 is 5.12 Å². The molecular formula is C15H17N5O2S2. The molecule has 0 aromatic carbocycles. The first-order chi connectivity index (χ1) is 11.5. The summed E-state index contributed by atoms with van der Waals surface area (Å²) >= 11 is 3.04. The molecule has 1 aliphatic heterocycles. The Morgan fingerprint density at radius 1 is 1.38 bits per heavy atom. The van der Waals surface area contributed by atoms with E-state index in [1.807, 2.05) is 13.0 Å². The smallest absolute Gasteiger partial charge is 0.242 e. The van der Waals surface area contributed by atoms with Crippen LogP contribution in [0.1, 0.15) is 18.7 Å². The molecule has 126 valence electrons. The molecule has 3 heterocycles. The van der Waals surface area contributed by atoms with Crippen LogP contribution in [0.5, 0.6) is 5.88 Å². The number of hydrogen-bond donors (Lipinski definition) is 3. The number of nitrogens with one attached hydrogen (secondary N) is 3. The number of carbonyl (C=O) groups excluding carboxylic acids is 1. The average molecular weight is 363 g/mol. The Morgan fingerprint density at radius 2 is 2.21 bits per heavy atom. The summed E-state index contributed by atoms with van der Waals surface area (Å²) in [5.74, 6) is 0.378. The van der Waals surface area contributed by atoms with Crippen molar-refractivity contribution in [3.63, 3.8) is 0 Å². The van der Waals surface area contributed by atoms with E-state index in [4.69, 9.17) is 4.74 Å². The SMILES string of the molecule is COc1ccc(NC2(NC(C)=O)NC(c3cncs3)=C(C)S2)cn1. The highest BCUT2D eigenvalue weighted by Crippen LogP contribution is 2.41. The molecule has 0 aliphatic carbocycles. The highest BCUT2D eigenvalue weighted by molar-refractivity contribution is 8.04. The number of thiazole rings is 1. The van der Waals surface area contributed by atoms with E-state index >= 15 is 0 Å². The van der Waals surface area contributed by atoms with E-state index in [-0.39, 0.29) is 5.91 Å². The van der Waals surface area contributed by atoms with Gasteiger partial charge in [0.1, 0.15) is 0 Å². The maximum Gasteiger partial charge on any atom is 0.242 e. The standard InChI is InChI=1S/C15H17N5O2S2/c1-9-14(12-7-16-8-23-12)20-15(24-9,18-10(2)21)19-11-4-5-13(22-3)17-6-11/h4-8,19-20H,1-3H3,(H,18,21). The van der Waals surface area contributed by atoms with Gasteiger partial charge in [0.2, 0.25) is 16.9 Å². The molecule has 2 aromatic rings. The van der Waals surface area contributed by atoms with Gasteiger partial charge in [-0.3, -0.25) is 9.78 Å². The number of thioether (sulfide) groups is 1. The van der Waals surface area contributed by atoms with Crippen molar-refractivity contribution in [1.82, 2.24) is 20.6 Å². The molecule has 3 N–H and O–H groups in total. The van der Waals surface area contributed by atoms with Crippen LogP contribution < -0.4 is 20.7 Å². The van der Waals surface area contributed by atoms with Crippen molar-refractivity contribution in [2.24, 2.45) is 0 Å². The third-order valence-corrected chi connectivity index (χ3v) is 5.17. The Bertz CT molecular complexity index is 761. The summed E-state index contributed by atoms with van der Waals surface area (Å²) in [4.78, 5) is 22.1. The molecule has 0 saturated carbocycles. The summed E-state index contributed by atoms with van der Waals surface area (Å²) in [5.41, 5.74) is 3.48. The maximum absolute atomic E-state index is 11.7. The van der Waals surface area contributed by atoms with Crippen LogP contribution in [0.25, 0.3) is 5.70 Å². The Labute approximate surface area is 147 Å². The van der Waals surface area contributed by atoms with Gasteiger partial charge in [0.05, 0.1) is 35.1 Å². The van der Waals surface area contributed by atoms with Crippen LogP contribution in [0.3, 0.4) is 0 Å². The average Bonchev–Trinajstić information content (AvgIpc) is 3.15. The quantitative estimate of drug-likeness (QED) is 0.703. The largest absolute Gasteiger partial charge is 0.481 e. The third-order valence-electron chi connectivity index (χ3n) is 3.26. The number of carbonyl (C=O) groups is 1. The van der Waals surface area contributed by atoms with Crippen LogP contribution in [-0.4, -0.2) is 28.1 Å². The molecule has 1 aliphatic rings. The van der Waals surface area contributed by atoms with Gasteiger partial charge in [-0.15, -0.1) is 11.3 Å². The predicted molar refractivity (Wildman–Crippen MR) is 96.4 cm³/mol. The molecule has 1 amide bonds. The molecule has 2 aromatic heterocycles. The van der Waals surface area contributed by atoms with Crippen molar-refractivity contribution in [1.29, 1.82) is 0 Å². The van der Waals surface area contributed by atoms with Crippen molar-refractivity contribution < 1.29 is 9.53 Å². The van der Waals surface area contributed by atoms with Gasteiger partial charge >= 0.3 is 0 Å². The lowest BCUT2D eigenvalue weighted by molar-refractivity contribution is -0.119. The van der Waals surface area contributed by atoms with Crippen LogP contribution in [0.4, 0.5) is 5.69 Å². The molecule has 3 rings (SSSR count). The van der Waals surface area contributed by atoms with Crippen molar-refractivity contribution in [3.05, 3.63) is 39.8 Å². The fourth-order valence-corrected chi connectivity index (χ4v) is 4.30. The maximum atomic E-state index is 11.7. The first kappa shape index (κ1) is 16.6. The molecular weight excluding hydrogens is 346 g/mol. The fourth-order valence-electron chi connectivity index (χ4n) is 2.32. The molecule has 1 atom stereocenters. The van der Waals surface area contributed by atoms with Gasteiger partial charge in [-0.2, -0.15) is 0 Å². The summed E-state index contributed by atoms with van der Waals surface area (Å²) < 4.78 is 5.07. The van der Waals surface area contributed by atoms with Gasteiger partial charge in [-0.25, -0.2) is 4.98 Å². The molecule has 7 nitrogen and oxygen atoms in total. The number of aromatic nitrogens is 2. The van der Waals surface area contributed by atoms with Crippen LogP contribution in [0, 0.1) is 0 Å². The lowest BCUT2D eigenvalue weighted by Crippen LogP contribution is -2.58. The highest BCUT2D eigenvalue weighted by Gasteiger charge is 2.40. The number of pyridine rings is 1. The summed E-state index contributed by atoms with van der Waals surface area (Å²) in [6.07, 6.45) is 3.46. The van der Waals surface area contributed by atoms with Crippen molar-refractivity contribution in [2.75, 3.05) is 12.4 Å². The first-order valence-corrected chi connectivity index (χ1v) is 8.85. The summed E-state index contributed by atoms with van der Waals surface area (Å²) in [7, 11) is 1.57.